The molecule has 1 amide bonds. The molecule has 0 aromatic heterocycles. The molecule has 2 atom stereocenters. The van der Waals surface area contributed by atoms with Crippen molar-refractivity contribution >= 4 is 20.0 Å². The van der Waals surface area contributed by atoms with Crippen LogP contribution in [0.1, 0.15) is 53.9 Å². The molecule has 0 saturated carbocycles. The predicted octanol–water partition coefficient (Wildman–Crippen LogP) is 3.79. The van der Waals surface area contributed by atoms with Gasteiger partial charge in [0.2, 0.25) is 5.91 Å². The maximum atomic E-state index is 12.2. The van der Waals surface area contributed by atoms with Crippen molar-refractivity contribution in [3.05, 3.63) is 0 Å². The smallest absolute Gasteiger partial charge is 0.248 e. The molecule has 0 spiro atoms. The van der Waals surface area contributed by atoms with E-state index in [0.717, 1.165) is 0 Å². The molecule has 5 nitrogen and oxygen atoms in total. The van der Waals surface area contributed by atoms with Crippen LogP contribution in [0.25, 0.3) is 0 Å². The number of nitrogens with zero attached hydrogens (tertiary/aromatic N) is 1. The van der Waals surface area contributed by atoms with Gasteiger partial charge in [-0.1, -0.05) is 27.7 Å². The van der Waals surface area contributed by atoms with Crippen LogP contribution < -0.4 is 0 Å². The molecule has 0 aliphatic carbocycles. The Balaban J connectivity index is 5.01. The lowest BCUT2D eigenvalue weighted by Gasteiger charge is -2.40. The molecule has 1 unspecified atom stereocenters. The third-order valence-electron chi connectivity index (χ3n) is 4.71. The van der Waals surface area contributed by atoms with Gasteiger partial charge >= 0.3 is 0 Å². The number of carbonyl (C=O) groups is 2. The number of amides is 1. The summed E-state index contributed by atoms with van der Waals surface area (Å²) in [6.07, 6.45) is 1.67. The van der Waals surface area contributed by atoms with Crippen molar-refractivity contribution in [2.45, 2.75) is 78.1 Å². The standard InChI is InChI=1S/C17H35NO4Si/c1-13(16(20)18(6)21-7)12-15(11-10-14(2)19)22-23(8,9)17(3,4)5/h13,15H,10-12H2,1-9H3/t13?,15-/m1/s1. The van der Waals surface area contributed by atoms with Crippen LogP contribution in [0.3, 0.4) is 0 Å². The Morgan fingerprint density at radius 3 is 2.13 bits per heavy atom. The van der Waals surface area contributed by atoms with Gasteiger partial charge in [-0.2, -0.15) is 0 Å². The summed E-state index contributed by atoms with van der Waals surface area (Å²) in [4.78, 5) is 28.5. The highest BCUT2D eigenvalue weighted by molar-refractivity contribution is 6.74. The Labute approximate surface area is 142 Å². The molecule has 0 aliphatic rings. The van der Waals surface area contributed by atoms with E-state index in [1.54, 1.807) is 14.0 Å². The maximum absolute atomic E-state index is 12.2. The number of Topliss-reactive ketones (excluding diaryl/α,β-unsaturated/α-hetero) is 1. The Kier molecular flexibility index (Phi) is 8.66. The van der Waals surface area contributed by atoms with Gasteiger partial charge in [0, 0.05) is 25.5 Å². The van der Waals surface area contributed by atoms with Crippen molar-refractivity contribution in [1.29, 1.82) is 0 Å². The number of hydrogen-bond acceptors (Lipinski definition) is 4. The lowest BCUT2D eigenvalue weighted by atomic mass is 9.99. The predicted molar refractivity (Wildman–Crippen MR) is 95.5 cm³/mol. The number of hydroxylamine groups is 2. The fourth-order valence-corrected chi connectivity index (χ4v) is 3.48. The molecule has 136 valence electrons. The van der Waals surface area contributed by atoms with Crippen LogP contribution in [0.15, 0.2) is 0 Å². The van der Waals surface area contributed by atoms with Crippen molar-refractivity contribution in [1.82, 2.24) is 5.06 Å². The Hall–Kier alpha value is -0.723. The summed E-state index contributed by atoms with van der Waals surface area (Å²) in [5, 5.41) is 1.34. The molecule has 6 heteroatoms. The van der Waals surface area contributed by atoms with E-state index in [-0.39, 0.29) is 28.8 Å². The molecule has 0 aromatic carbocycles. The molecule has 0 aliphatic heterocycles. The van der Waals surface area contributed by atoms with Crippen LogP contribution >= 0.6 is 0 Å². The van der Waals surface area contributed by atoms with E-state index in [1.807, 2.05) is 6.92 Å². The van der Waals surface area contributed by atoms with E-state index in [2.05, 4.69) is 33.9 Å². The number of rotatable bonds is 9. The molecule has 0 N–H and O–H groups in total. The molecule has 0 radical (unpaired) electrons. The second kappa shape index (κ2) is 8.94. The van der Waals surface area contributed by atoms with Crippen molar-refractivity contribution in [3.63, 3.8) is 0 Å². The lowest BCUT2D eigenvalue weighted by Crippen LogP contribution is -2.45. The monoisotopic (exact) mass is 345 g/mol. The minimum absolute atomic E-state index is 0.0702. The molecule has 0 bridgehead atoms. The minimum Gasteiger partial charge on any atom is -0.414 e. The minimum atomic E-state index is -1.94. The summed E-state index contributed by atoms with van der Waals surface area (Å²) in [6, 6.07) is 0. The average Bonchev–Trinajstić information content (AvgIpc) is 2.41. The highest BCUT2D eigenvalue weighted by Crippen LogP contribution is 2.38. The molecule has 0 saturated heterocycles. The topological polar surface area (TPSA) is 55.8 Å². The average molecular weight is 346 g/mol. The zero-order valence-electron chi connectivity index (χ0n) is 16.4. The number of ketones is 1. The zero-order chi connectivity index (χ0) is 18.4. The van der Waals surface area contributed by atoms with Crippen LogP contribution in [0.5, 0.6) is 0 Å². The van der Waals surface area contributed by atoms with E-state index in [0.29, 0.717) is 19.3 Å². The van der Waals surface area contributed by atoms with E-state index >= 15 is 0 Å². The van der Waals surface area contributed by atoms with Crippen LogP contribution in [0, 0.1) is 5.92 Å². The maximum Gasteiger partial charge on any atom is 0.248 e. The van der Waals surface area contributed by atoms with Crippen LogP contribution in [0.4, 0.5) is 0 Å². The Morgan fingerprint density at radius 2 is 1.74 bits per heavy atom. The van der Waals surface area contributed by atoms with Gasteiger partial charge in [0.15, 0.2) is 8.32 Å². The second-order valence-corrected chi connectivity index (χ2v) is 12.7. The molecule has 0 aromatic rings. The third-order valence-corrected chi connectivity index (χ3v) is 9.24. The Morgan fingerprint density at radius 1 is 1.22 bits per heavy atom. The molecule has 0 rings (SSSR count). The highest BCUT2D eigenvalue weighted by Gasteiger charge is 2.39. The fraction of sp³-hybridized carbons (Fsp3) is 0.882. The van der Waals surface area contributed by atoms with E-state index in [4.69, 9.17) is 9.26 Å². The van der Waals surface area contributed by atoms with Gasteiger partial charge < -0.3 is 9.22 Å². The molecular weight excluding hydrogens is 310 g/mol. The summed E-state index contributed by atoms with van der Waals surface area (Å²) in [6.45, 7) is 14.4. The third kappa shape index (κ3) is 7.59. The van der Waals surface area contributed by atoms with Crippen molar-refractivity contribution in [3.8, 4) is 0 Å². The fourth-order valence-electron chi connectivity index (χ4n) is 2.08. The molecular formula is C17H35NO4Si. The van der Waals surface area contributed by atoms with Crippen LogP contribution in [-0.2, 0) is 18.9 Å². The van der Waals surface area contributed by atoms with Crippen LogP contribution in [-0.4, -0.2) is 45.3 Å². The van der Waals surface area contributed by atoms with Crippen LogP contribution in [0.2, 0.25) is 18.1 Å². The SMILES string of the molecule is CON(C)C(=O)C(C)C[C@@H](CCC(C)=O)O[Si](C)(C)C(C)(C)C. The summed E-state index contributed by atoms with van der Waals surface area (Å²) in [7, 11) is 1.14. The Bertz CT molecular complexity index is 404. The van der Waals surface area contributed by atoms with Gasteiger partial charge in [-0.25, -0.2) is 5.06 Å². The van der Waals surface area contributed by atoms with Crippen molar-refractivity contribution in [2.24, 2.45) is 5.92 Å². The quantitative estimate of drug-likeness (QED) is 0.471. The zero-order valence-corrected chi connectivity index (χ0v) is 17.4. The summed E-state index contributed by atoms with van der Waals surface area (Å²) in [5.41, 5.74) is 0. The van der Waals surface area contributed by atoms with Gasteiger partial charge in [-0.05, 0) is 37.9 Å². The summed E-state index contributed by atoms with van der Waals surface area (Å²) < 4.78 is 6.46. The second-order valence-electron chi connectivity index (χ2n) is 7.90. The van der Waals surface area contributed by atoms with E-state index in [1.165, 1.54) is 12.2 Å². The largest absolute Gasteiger partial charge is 0.414 e. The first kappa shape index (κ1) is 22.3. The summed E-state index contributed by atoms with van der Waals surface area (Å²) >= 11 is 0. The first-order valence-electron chi connectivity index (χ1n) is 8.30. The molecule has 23 heavy (non-hydrogen) atoms. The van der Waals surface area contributed by atoms with Gasteiger partial charge in [-0.3, -0.25) is 9.63 Å². The van der Waals surface area contributed by atoms with E-state index in [9.17, 15) is 9.59 Å². The van der Waals surface area contributed by atoms with Gasteiger partial charge in [0.05, 0.1) is 7.11 Å². The van der Waals surface area contributed by atoms with Crippen molar-refractivity contribution < 1.29 is 18.9 Å². The number of carbonyl (C=O) groups excluding carboxylic acids is 2. The van der Waals surface area contributed by atoms with Crippen molar-refractivity contribution in [2.75, 3.05) is 14.2 Å². The van der Waals surface area contributed by atoms with Gasteiger partial charge in [0.25, 0.3) is 0 Å². The normalized spacial score (nSPS) is 15.2. The highest BCUT2D eigenvalue weighted by atomic mass is 28.4. The first-order chi connectivity index (χ1) is 10.3. The lowest BCUT2D eigenvalue weighted by molar-refractivity contribution is -0.173. The molecule has 0 heterocycles. The molecule has 0 fully saturated rings. The number of hydrogen-bond donors (Lipinski definition) is 0. The first-order valence-corrected chi connectivity index (χ1v) is 11.2. The summed E-state index contributed by atoms with van der Waals surface area (Å²) in [5.74, 6) is -0.123. The van der Waals surface area contributed by atoms with E-state index < -0.39 is 8.32 Å². The van der Waals surface area contributed by atoms with Gasteiger partial charge in [0.1, 0.15) is 5.78 Å². The van der Waals surface area contributed by atoms with Gasteiger partial charge in [-0.15, -0.1) is 0 Å².